The molecule has 2 aromatic rings. The summed E-state index contributed by atoms with van der Waals surface area (Å²) in [7, 11) is 1.70. The minimum absolute atomic E-state index is 0.892. The molecule has 1 aromatic heterocycles. The van der Waals surface area contributed by atoms with Crippen LogP contribution in [0.15, 0.2) is 17.2 Å². The van der Waals surface area contributed by atoms with E-state index in [1.54, 1.807) is 7.11 Å². The van der Waals surface area contributed by atoms with Crippen LogP contribution in [0.1, 0.15) is 12.5 Å². The molecule has 1 aliphatic rings. The summed E-state index contributed by atoms with van der Waals surface area (Å²) in [6, 6.07) is 4.17. The summed E-state index contributed by atoms with van der Waals surface area (Å²) in [6.45, 7) is 4.29. The summed E-state index contributed by atoms with van der Waals surface area (Å²) in [5.41, 5.74) is 3.69. The van der Waals surface area contributed by atoms with E-state index >= 15 is 0 Å². The van der Waals surface area contributed by atoms with Gasteiger partial charge in [0.05, 0.1) is 17.7 Å². The van der Waals surface area contributed by atoms with Gasteiger partial charge in [0, 0.05) is 24.2 Å². The SMILES string of the molecule is CCN1CCc2c(S)[nH]c3c(OC)ccc1c23. The number of hydrogen-bond acceptors (Lipinski definition) is 3. The van der Waals surface area contributed by atoms with Gasteiger partial charge in [-0.25, -0.2) is 0 Å². The number of benzene rings is 1. The van der Waals surface area contributed by atoms with Gasteiger partial charge in [-0.3, -0.25) is 0 Å². The van der Waals surface area contributed by atoms with Gasteiger partial charge in [-0.15, -0.1) is 12.6 Å². The number of H-pyrrole nitrogens is 1. The van der Waals surface area contributed by atoms with E-state index in [9.17, 15) is 0 Å². The zero-order valence-electron chi connectivity index (χ0n) is 10.1. The molecule has 0 amide bonds. The van der Waals surface area contributed by atoms with Crippen LogP contribution in [0.25, 0.3) is 10.9 Å². The molecule has 1 N–H and O–H groups in total. The van der Waals surface area contributed by atoms with Gasteiger partial charge in [0.1, 0.15) is 5.75 Å². The second-order valence-corrected chi connectivity index (χ2v) is 4.77. The van der Waals surface area contributed by atoms with Crippen molar-refractivity contribution in [1.82, 2.24) is 4.98 Å². The van der Waals surface area contributed by atoms with Crippen LogP contribution >= 0.6 is 12.6 Å². The van der Waals surface area contributed by atoms with Crippen molar-refractivity contribution in [1.29, 1.82) is 0 Å². The maximum absolute atomic E-state index is 5.40. The second-order valence-electron chi connectivity index (χ2n) is 4.32. The maximum atomic E-state index is 5.40. The molecule has 3 nitrogen and oxygen atoms in total. The van der Waals surface area contributed by atoms with Gasteiger partial charge in [0.2, 0.25) is 0 Å². The molecule has 0 saturated carbocycles. The minimum Gasteiger partial charge on any atom is -0.495 e. The molecule has 2 heterocycles. The molecule has 0 unspecified atom stereocenters. The number of methoxy groups -OCH3 is 1. The van der Waals surface area contributed by atoms with Crippen molar-refractivity contribution >= 4 is 29.2 Å². The van der Waals surface area contributed by atoms with E-state index in [0.29, 0.717) is 0 Å². The lowest BCUT2D eigenvalue weighted by atomic mass is 10.0. The van der Waals surface area contributed by atoms with Crippen LogP contribution in [-0.4, -0.2) is 25.2 Å². The molecule has 0 spiro atoms. The molecule has 0 aliphatic carbocycles. The van der Waals surface area contributed by atoms with Gasteiger partial charge >= 0.3 is 0 Å². The van der Waals surface area contributed by atoms with E-state index in [0.717, 1.165) is 35.8 Å². The first-order valence-corrected chi connectivity index (χ1v) is 6.36. The Hall–Kier alpha value is -1.29. The first-order chi connectivity index (χ1) is 8.26. The number of thiol groups is 1. The van der Waals surface area contributed by atoms with Gasteiger partial charge in [-0.2, -0.15) is 0 Å². The standard InChI is InChI=1S/C13H16N2OS/c1-3-15-7-6-8-11-9(15)4-5-10(16-2)12(11)14-13(8)17/h4-5,14,17H,3,6-7H2,1-2H3. The molecule has 90 valence electrons. The lowest BCUT2D eigenvalue weighted by Crippen LogP contribution is -2.28. The average Bonchev–Trinajstić information content (AvgIpc) is 2.69. The van der Waals surface area contributed by atoms with Crippen LogP contribution in [-0.2, 0) is 6.42 Å². The Labute approximate surface area is 106 Å². The van der Waals surface area contributed by atoms with Crippen LogP contribution in [0.4, 0.5) is 5.69 Å². The second kappa shape index (κ2) is 3.88. The fourth-order valence-corrected chi connectivity index (χ4v) is 3.02. The molecule has 0 atom stereocenters. The minimum atomic E-state index is 0.892. The lowest BCUT2D eigenvalue weighted by Gasteiger charge is -2.28. The van der Waals surface area contributed by atoms with Crippen molar-refractivity contribution in [3.8, 4) is 5.75 Å². The molecule has 0 saturated heterocycles. The first kappa shape index (κ1) is 10.8. The highest BCUT2D eigenvalue weighted by Gasteiger charge is 2.23. The lowest BCUT2D eigenvalue weighted by molar-refractivity contribution is 0.419. The van der Waals surface area contributed by atoms with E-state index < -0.39 is 0 Å². The highest BCUT2D eigenvalue weighted by atomic mass is 32.1. The third-order valence-corrected chi connectivity index (χ3v) is 3.93. The van der Waals surface area contributed by atoms with Gasteiger partial charge in [-0.1, -0.05) is 0 Å². The Bertz CT molecular complexity index is 576. The third-order valence-electron chi connectivity index (χ3n) is 3.55. The maximum Gasteiger partial charge on any atom is 0.143 e. The van der Waals surface area contributed by atoms with E-state index in [1.807, 2.05) is 6.07 Å². The van der Waals surface area contributed by atoms with E-state index in [1.165, 1.54) is 16.6 Å². The number of aromatic amines is 1. The smallest absolute Gasteiger partial charge is 0.143 e. The Morgan fingerprint density at radius 1 is 1.47 bits per heavy atom. The predicted octanol–water partition coefficient (Wildman–Crippen LogP) is 2.85. The van der Waals surface area contributed by atoms with Crippen LogP contribution in [0.5, 0.6) is 5.75 Å². The van der Waals surface area contributed by atoms with E-state index in [2.05, 4.69) is 35.5 Å². The summed E-state index contributed by atoms with van der Waals surface area (Å²) in [4.78, 5) is 5.73. The normalized spacial score (nSPS) is 14.4. The number of ether oxygens (including phenoxy) is 1. The zero-order chi connectivity index (χ0) is 12.0. The largest absolute Gasteiger partial charge is 0.495 e. The molecular formula is C13H16N2OS. The van der Waals surface area contributed by atoms with Crippen molar-refractivity contribution < 1.29 is 4.74 Å². The van der Waals surface area contributed by atoms with E-state index in [4.69, 9.17) is 4.74 Å². The Kier molecular flexibility index (Phi) is 2.47. The van der Waals surface area contributed by atoms with Crippen LogP contribution in [0, 0.1) is 0 Å². The number of rotatable bonds is 2. The number of nitrogens with zero attached hydrogens (tertiary/aromatic N) is 1. The Morgan fingerprint density at radius 3 is 3.00 bits per heavy atom. The van der Waals surface area contributed by atoms with Crippen molar-refractivity contribution in [2.75, 3.05) is 25.1 Å². The number of nitrogens with one attached hydrogen (secondary N) is 1. The summed E-state index contributed by atoms with van der Waals surface area (Å²) < 4.78 is 5.40. The molecular weight excluding hydrogens is 232 g/mol. The molecule has 4 heteroatoms. The van der Waals surface area contributed by atoms with Crippen LogP contribution in [0.3, 0.4) is 0 Å². The van der Waals surface area contributed by atoms with Crippen molar-refractivity contribution in [3.05, 3.63) is 17.7 Å². The summed E-state index contributed by atoms with van der Waals surface area (Å²) in [5, 5.41) is 2.25. The van der Waals surface area contributed by atoms with Crippen LogP contribution in [0.2, 0.25) is 0 Å². The van der Waals surface area contributed by atoms with Crippen molar-refractivity contribution in [2.24, 2.45) is 0 Å². The van der Waals surface area contributed by atoms with Gasteiger partial charge in [-0.05, 0) is 31.0 Å². The van der Waals surface area contributed by atoms with Gasteiger partial charge in [0.15, 0.2) is 0 Å². The zero-order valence-corrected chi connectivity index (χ0v) is 11.0. The third kappa shape index (κ3) is 1.43. The fourth-order valence-electron chi connectivity index (χ4n) is 2.69. The first-order valence-electron chi connectivity index (χ1n) is 5.91. The van der Waals surface area contributed by atoms with Crippen LogP contribution < -0.4 is 9.64 Å². The monoisotopic (exact) mass is 248 g/mol. The molecule has 1 aliphatic heterocycles. The molecule has 17 heavy (non-hydrogen) atoms. The molecule has 0 bridgehead atoms. The highest BCUT2D eigenvalue weighted by molar-refractivity contribution is 7.80. The number of likely N-dealkylation sites (N-methyl/N-ethyl adjacent to an activating group) is 1. The summed E-state index contributed by atoms with van der Waals surface area (Å²) in [5.74, 6) is 0.892. The highest BCUT2D eigenvalue weighted by Crippen LogP contribution is 2.41. The fraction of sp³-hybridized carbons (Fsp3) is 0.385. The topological polar surface area (TPSA) is 28.3 Å². The average molecular weight is 248 g/mol. The molecule has 0 fully saturated rings. The number of hydrogen-bond donors (Lipinski definition) is 2. The Morgan fingerprint density at radius 2 is 2.29 bits per heavy atom. The van der Waals surface area contributed by atoms with Gasteiger partial charge < -0.3 is 14.6 Å². The summed E-state index contributed by atoms with van der Waals surface area (Å²) >= 11 is 4.53. The van der Waals surface area contributed by atoms with Crippen molar-refractivity contribution in [2.45, 2.75) is 18.4 Å². The Balaban J connectivity index is 2.36. The summed E-state index contributed by atoms with van der Waals surface area (Å²) in [6.07, 6.45) is 1.05. The number of aromatic nitrogens is 1. The van der Waals surface area contributed by atoms with Gasteiger partial charge in [0.25, 0.3) is 0 Å². The quantitative estimate of drug-likeness (QED) is 0.800. The molecule has 0 radical (unpaired) electrons. The molecule has 3 rings (SSSR count). The predicted molar refractivity (Wildman–Crippen MR) is 73.7 cm³/mol. The number of anilines is 1. The molecule has 1 aromatic carbocycles. The van der Waals surface area contributed by atoms with E-state index in [-0.39, 0.29) is 0 Å². The van der Waals surface area contributed by atoms with Crippen molar-refractivity contribution in [3.63, 3.8) is 0 Å².